The molecule has 2 aromatic rings. The van der Waals surface area contributed by atoms with Crippen molar-refractivity contribution in [1.29, 1.82) is 0 Å². The van der Waals surface area contributed by atoms with Gasteiger partial charge in [-0.15, -0.1) is 11.3 Å². The zero-order valence-corrected chi connectivity index (χ0v) is 15.7. The molecule has 25 heavy (non-hydrogen) atoms. The van der Waals surface area contributed by atoms with Crippen LogP contribution in [0.5, 0.6) is 0 Å². The second-order valence-electron chi connectivity index (χ2n) is 5.26. The minimum Gasteiger partial charge on any atom is -0.379 e. The molecule has 11 heteroatoms. The van der Waals surface area contributed by atoms with Crippen LogP contribution in [0.15, 0.2) is 37.7 Å². The van der Waals surface area contributed by atoms with Gasteiger partial charge in [0, 0.05) is 30.2 Å². The number of ether oxygens (including phenoxy) is 1. The number of nitro benzene ring substituents is 1. The summed E-state index contributed by atoms with van der Waals surface area (Å²) >= 11 is 2.54. The smallest absolute Gasteiger partial charge is 0.284 e. The average molecular weight is 401 g/mol. The zero-order valence-electron chi connectivity index (χ0n) is 13.2. The van der Waals surface area contributed by atoms with Gasteiger partial charge in [-0.05, 0) is 19.1 Å². The highest BCUT2D eigenvalue weighted by molar-refractivity contribution is 8.01. The molecule has 1 aromatic heterocycles. The van der Waals surface area contributed by atoms with Crippen LogP contribution >= 0.6 is 23.1 Å². The Bertz CT molecular complexity index is 891. The summed E-state index contributed by atoms with van der Waals surface area (Å²) in [6.07, 6.45) is 0. The second-order valence-corrected chi connectivity index (χ2v) is 9.35. The summed E-state index contributed by atoms with van der Waals surface area (Å²) in [7, 11) is -3.78. The summed E-state index contributed by atoms with van der Waals surface area (Å²) in [5.41, 5.74) is 0.592. The van der Waals surface area contributed by atoms with E-state index < -0.39 is 14.9 Å². The van der Waals surface area contributed by atoms with Crippen LogP contribution in [-0.4, -0.2) is 48.9 Å². The highest BCUT2D eigenvalue weighted by Crippen LogP contribution is 2.37. The molecular weight excluding hydrogens is 386 g/mol. The lowest BCUT2D eigenvalue weighted by Crippen LogP contribution is -2.40. The first-order valence-corrected chi connectivity index (χ1v) is 10.5. The molecule has 8 nitrogen and oxygen atoms in total. The van der Waals surface area contributed by atoms with Gasteiger partial charge in [0.2, 0.25) is 10.0 Å². The van der Waals surface area contributed by atoms with Gasteiger partial charge >= 0.3 is 0 Å². The van der Waals surface area contributed by atoms with E-state index in [9.17, 15) is 18.5 Å². The number of nitrogens with zero attached hydrogens (tertiary/aromatic N) is 3. The Labute approximate surface area is 153 Å². The lowest BCUT2D eigenvalue weighted by atomic mass is 10.3. The van der Waals surface area contributed by atoms with Crippen molar-refractivity contribution >= 4 is 38.8 Å². The molecule has 0 amide bonds. The zero-order chi connectivity index (χ0) is 18.0. The van der Waals surface area contributed by atoms with Crippen molar-refractivity contribution in [1.82, 2.24) is 9.29 Å². The van der Waals surface area contributed by atoms with E-state index in [1.807, 2.05) is 12.3 Å². The molecule has 0 unspecified atom stereocenters. The number of hydrogen-bond donors (Lipinski definition) is 0. The van der Waals surface area contributed by atoms with Crippen LogP contribution < -0.4 is 0 Å². The molecule has 1 aliphatic heterocycles. The second kappa shape index (κ2) is 7.38. The van der Waals surface area contributed by atoms with Crippen LogP contribution in [0.4, 0.5) is 5.69 Å². The van der Waals surface area contributed by atoms with Gasteiger partial charge in [-0.3, -0.25) is 10.1 Å². The number of nitro groups is 1. The van der Waals surface area contributed by atoms with E-state index in [4.69, 9.17) is 4.74 Å². The van der Waals surface area contributed by atoms with E-state index in [1.165, 1.54) is 27.8 Å². The molecule has 0 radical (unpaired) electrons. The Morgan fingerprint density at radius 3 is 2.68 bits per heavy atom. The first kappa shape index (κ1) is 18.3. The quantitative estimate of drug-likeness (QED) is 0.560. The maximum atomic E-state index is 12.7. The normalized spacial score (nSPS) is 16.0. The standard InChI is InChI=1S/C14H15N3O5S3/c1-10-9-23-14(15-10)24-13-3-2-11(8-12(13)17(18)19)25(20,21)16-4-6-22-7-5-16/h2-3,8-9H,4-7H2,1H3. The van der Waals surface area contributed by atoms with Gasteiger partial charge in [0.25, 0.3) is 5.69 Å². The minimum absolute atomic E-state index is 0.0826. The summed E-state index contributed by atoms with van der Waals surface area (Å²) in [6.45, 7) is 2.96. The lowest BCUT2D eigenvalue weighted by Gasteiger charge is -2.26. The van der Waals surface area contributed by atoms with Crippen LogP contribution in [0, 0.1) is 17.0 Å². The van der Waals surface area contributed by atoms with Crippen molar-refractivity contribution in [2.75, 3.05) is 26.3 Å². The Morgan fingerprint density at radius 1 is 1.36 bits per heavy atom. The van der Waals surface area contributed by atoms with Crippen molar-refractivity contribution in [3.05, 3.63) is 39.4 Å². The van der Waals surface area contributed by atoms with Gasteiger partial charge in [-0.1, -0.05) is 11.8 Å². The molecule has 0 spiro atoms. The first-order valence-electron chi connectivity index (χ1n) is 7.34. The number of hydrogen-bond acceptors (Lipinski definition) is 8. The largest absolute Gasteiger partial charge is 0.379 e. The average Bonchev–Trinajstić information content (AvgIpc) is 3.00. The van der Waals surface area contributed by atoms with Crippen molar-refractivity contribution < 1.29 is 18.1 Å². The Hall–Kier alpha value is -1.53. The number of sulfonamides is 1. The molecule has 1 saturated heterocycles. The fourth-order valence-electron chi connectivity index (χ4n) is 2.30. The van der Waals surface area contributed by atoms with Gasteiger partial charge < -0.3 is 4.74 Å². The number of benzene rings is 1. The van der Waals surface area contributed by atoms with Crippen LogP contribution in [-0.2, 0) is 14.8 Å². The van der Waals surface area contributed by atoms with E-state index in [0.717, 1.165) is 23.5 Å². The summed E-state index contributed by atoms with van der Waals surface area (Å²) in [5, 5.41) is 13.3. The van der Waals surface area contributed by atoms with Crippen molar-refractivity contribution in [3.63, 3.8) is 0 Å². The monoisotopic (exact) mass is 401 g/mol. The Balaban J connectivity index is 1.94. The number of morpholine rings is 1. The number of thiazole rings is 1. The number of aromatic nitrogens is 1. The van der Waals surface area contributed by atoms with Crippen LogP contribution in [0.2, 0.25) is 0 Å². The topological polar surface area (TPSA) is 103 Å². The molecule has 0 bridgehead atoms. The Morgan fingerprint density at radius 2 is 2.08 bits per heavy atom. The van der Waals surface area contributed by atoms with E-state index in [0.29, 0.717) is 22.4 Å². The van der Waals surface area contributed by atoms with Gasteiger partial charge in [-0.25, -0.2) is 13.4 Å². The van der Waals surface area contributed by atoms with E-state index in [2.05, 4.69) is 4.98 Å². The van der Waals surface area contributed by atoms with E-state index in [-0.39, 0.29) is 23.7 Å². The molecule has 1 aliphatic rings. The van der Waals surface area contributed by atoms with E-state index >= 15 is 0 Å². The van der Waals surface area contributed by atoms with Crippen LogP contribution in [0.3, 0.4) is 0 Å². The first-order chi connectivity index (χ1) is 11.9. The lowest BCUT2D eigenvalue weighted by molar-refractivity contribution is -0.388. The third-order valence-electron chi connectivity index (χ3n) is 3.53. The summed E-state index contributed by atoms with van der Waals surface area (Å²) < 4.78 is 32.4. The minimum atomic E-state index is -3.78. The van der Waals surface area contributed by atoms with Gasteiger partial charge in [0.05, 0.1) is 27.9 Å². The van der Waals surface area contributed by atoms with Crippen molar-refractivity contribution in [2.24, 2.45) is 0 Å². The van der Waals surface area contributed by atoms with Gasteiger partial charge in [-0.2, -0.15) is 4.31 Å². The molecule has 3 rings (SSSR count). The maximum Gasteiger partial charge on any atom is 0.284 e. The maximum absolute atomic E-state index is 12.7. The van der Waals surface area contributed by atoms with E-state index in [1.54, 1.807) is 0 Å². The molecule has 0 saturated carbocycles. The molecule has 0 N–H and O–H groups in total. The molecule has 0 atom stereocenters. The SMILES string of the molecule is Cc1csc(Sc2ccc(S(=O)(=O)N3CCOCC3)cc2[N+](=O)[O-])n1. The summed E-state index contributed by atoms with van der Waals surface area (Å²) in [5.74, 6) is 0. The summed E-state index contributed by atoms with van der Waals surface area (Å²) in [4.78, 5) is 15.4. The van der Waals surface area contributed by atoms with Gasteiger partial charge in [0.15, 0.2) is 4.34 Å². The van der Waals surface area contributed by atoms with Gasteiger partial charge in [0.1, 0.15) is 0 Å². The highest BCUT2D eigenvalue weighted by atomic mass is 32.2. The molecular formula is C14H15N3O5S3. The van der Waals surface area contributed by atoms with Crippen LogP contribution in [0.25, 0.3) is 0 Å². The molecule has 2 heterocycles. The number of aryl methyl sites for hydroxylation is 1. The number of rotatable bonds is 5. The summed E-state index contributed by atoms with van der Waals surface area (Å²) in [6, 6.07) is 3.99. The molecule has 0 aliphatic carbocycles. The third-order valence-corrected chi connectivity index (χ3v) is 7.55. The van der Waals surface area contributed by atoms with Crippen LogP contribution in [0.1, 0.15) is 5.69 Å². The van der Waals surface area contributed by atoms with Crippen molar-refractivity contribution in [3.8, 4) is 0 Å². The Kier molecular flexibility index (Phi) is 5.39. The molecule has 134 valence electrons. The third kappa shape index (κ3) is 4.01. The highest BCUT2D eigenvalue weighted by Gasteiger charge is 2.29. The fraction of sp³-hybridized carbons (Fsp3) is 0.357. The fourth-order valence-corrected chi connectivity index (χ4v) is 5.60. The predicted molar refractivity (Wildman–Crippen MR) is 93.6 cm³/mol. The molecule has 1 aromatic carbocycles. The van der Waals surface area contributed by atoms with Crippen molar-refractivity contribution in [2.45, 2.75) is 21.1 Å². The molecule has 1 fully saturated rings. The predicted octanol–water partition coefficient (Wildman–Crippen LogP) is 2.53.